The fraction of sp³-hybridized carbons (Fsp3) is 0.417. The minimum atomic E-state index is -0.582. The highest BCUT2D eigenvalue weighted by atomic mass is 127. The number of ether oxygens (including phenoxy) is 1. The lowest BCUT2D eigenvalue weighted by Gasteiger charge is -2.22. The SMILES string of the molecule is COC(=O)C(C)(C)CNc1ccc(I)cc1Cl. The molecular formula is C12H15ClINO2. The Morgan fingerprint density at radius 3 is 2.71 bits per heavy atom. The molecule has 0 atom stereocenters. The number of carbonyl (C=O) groups is 1. The van der Waals surface area contributed by atoms with Crippen LogP contribution in [0.25, 0.3) is 0 Å². The summed E-state index contributed by atoms with van der Waals surface area (Å²) in [5.74, 6) is -0.244. The third kappa shape index (κ3) is 4.03. The van der Waals surface area contributed by atoms with Crippen molar-refractivity contribution in [3.8, 4) is 0 Å². The quantitative estimate of drug-likeness (QED) is 0.653. The molecule has 0 radical (unpaired) electrons. The zero-order valence-corrected chi connectivity index (χ0v) is 12.9. The van der Waals surface area contributed by atoms with E-state index in [9.17, 15) is 4.79 Å². The van der Waals surface area contributed by atoms with Gasteiger partial charge in [0.2, 0.25) is 0 Å². The first-order chi connectivity index (χ1) is 7.86. The van der Waals surface area contributed by atoms with Gasteiger partial charge in [-0.1, -0.05) is 11.6 Å². The molecule has 17 heavy (non-hydrogen) atoms. The average molecular weight is 368 g/mol. The number of benzene rings is 1. The van der Waals surface area contributed by atoms with Crippen LogP contribution in [-0.4, -0.2) is 19.6 Å². The topological polar surface area (TPSA) is 38.3 Å². The van der Waals surface area contributed by atoms with Crippen molar-refractivity contribution in [1.29, 1.82) is 0 Å². The number of rotatable bonds is 4. The monoisotopic (exact) mass is 367 g/mol. The van der Waals surface area contributed by atoms with Gasteiger partial charge < -0.3 is 10.1 Å². The van der Waals surface area contributed by atoms with Gasteiger partial charge >= 0.3 is 5.97 Å². The summed E-state index contributed by atoms with van der Waals surface area (Å²) in [6, 6.07) is 5.73. The van der Waals surface area contributed by atoms with Gasteiger partial charge in [-0.15, -0.1) is 0 Å². The zero-order valence-electron chi connectivity index (χ0n) is 10.0. The smallest absolute Gasteiger partial charge is 0.313 e. The number of carbonyl (C=O) groups excluding carboxylic acids is 1. The Kier molecular flexibility index (Phi) is 5.06. The third-order valence-electron chi connectivity index (χ3n) is 2.39. The fourth-order valence-electron chi connectivity index (χ4n) is 1.30. The Labute approximate surface area is 120 Å². The second-order valence-corrected chi connectivity index (χ2v) is 6.01. The van der Waals surface area contributed by atoms with Crippen LogP contribution in [0.4, 0.5) is 5.69 Å². The van der Waals surface area contributed by atoms with E-state index in [1.165, 1.54) is 7.11 Å². The van der Waals surface area contributed by atoms with Crippen LogP contribution in [0.1, 0.15) is 13.8 Å². The van der Waals surface area contributed by atoms with Crippen LogP contribution in [0.2, 0.25) is 5.02 Å². The molecule has 1 rings (SSSR count). The van der Waals surface area contributed by atoms with Crippen LogP contribution in [-0.2, 0) is 9.53 Å². The maximum Gasteiger partial charge on any atom is 0.313 e. The number of hydrogen-bond acceptors (Lipinski definition) is 3. The molecule has 0 saturated heterocycles. The Bertz CT molecular complexity index is 421. The first kappa shape index (κ1) is 14.6. The summed E-state index contributed by atoms with van der Waals surface area (Å²) >= 11 is 8.29. The van der Waals surface area contributed by atoms with Crippen molar-refractivity contribution in [2.24, 2.45) is 5.41 Å². The van der Waals surface area contributed by atoms with E-state index in [1.54, 1.807) is 0 Å². The van der Waals surface area contributed by atoms with Crippen LogP contribution in [0.5, 0.6) is 0 Å². The largest absolute Gasteiger partial charge is 0.469 e. The van der Waals surface area contributed by atoms with Gasteiger partial charge in [0.15, 0.2) is 0 Å². The molecule has 0 amide bonds. The highest BCUT2D eigenvalue weighted by Crippen LogP contribution is 2.26. The minimum Gasteiger partial charge on any atom is -0.469 e. The predicted molar refractivity (Wildman–Crippen MR) is 78.5 cm³/mol. The molecule has 0 heterocycles. The summed E-state index contributed by atoms with van der Waals surface area (Å²) in [7, 11) is 1.39. The fourth-order valence-corrected chi connectivity index (χ4v) is 2.22. The Hall–Kier alpha value is -0.490. The van der Waals surface area contributed by atoms with E-state index in [0.29, 0.717) is 11.6 Å². The Balaban J connectivity index is 2.70. The van der Waals surface area contributed by atoms with E-state index in [4.69, 9.17) is 16.3 Å². The molecule has 94 valence electrons. The summed E-state index contributed by atoms with van der Waals surface area (Å²) in [6.07, 6.45) is 0. The lowest BCUT2D eigenvalue weighted by molar-refractivity contribution is -0.149. The van der Waals surface area contributed by atoms with Crippen LogP contribution in [0, 0.1) is 8.99 Å². The molecule has 1 aromatic rings. The normalized spacial score (nSPS) is 11.1. The van der Waals surface area contributed by atoms with Gasteiger partial charge in [-0.05, 0) is 54.6 Å². The first-order valence-corrected chi connectivity index (χ1v) is 6.60. The molecule has 0 aliphatic carbocycles. The van der Waals surface area contributed by atoms with Crippen LogP contribution < -0.4 is 5.32 Å². The van der Waals surface area contributed by atoms with E-state index in [2.05, 4.69) is 27.9 Å². The van der Waals surface area contributed by atoms with Gasteiger partial charge in [-0.25, -0.2) is 0 Å². The Morgan fingerprint density at radius 1 is 1.53 bits per heavy atom. The average Bonchev–Trinajstić information content (AvgIpc) is 2.26. The summed E-state index contributed by atoms with van der Waals surface area (Å²) in [6.45, 7) is 4.12. The van der Waals surface area contributed by atoms with E-state index >= 15 is 0 Å². The summed E-state index contributed by atoms with van der Waals surface area (Å²) in [4.78, 5) is 11.5. The maximum absolute atomic E-state index is 11.5. The minimum absolute atomic E-state index is 0.244. The van der Waals surface area contributed by atoms with Crippen molar-refractivity contribution >= 4 is 45.8 Å². The number of esters is 1. The second-order valence-electron chi connectivity index (χ2n) is 4.35. The highest BCUT2D eigenvalue weighted by Gasteiger charge is 2.28. The molecule has 0 aliphatic rings. The molecule has 0 spiro atoms. The second kappa shape index (κ2) is 5.91. The van der Waals surface area contributed by atoms with Gasteiger partial charge in [0.1, 0.15) is 0 Å². The molecule has 1 N–H and O–H groups in total. The molecule has 0 bridgehead atoms. The molecular weight excluding hydrogens is 352 g/mol. The first-order valence-electron chi connectivity index (χ1n) is 5.14. The summed E-state index contributed by atoms with van der Waals surface area (Å²) < 4.78 is 5.81. The zero-order chi connectivity index (χ0) is 13.1. The number of anilines is 1. The number of methoxy groups -OCH3 is 1. The van der Waals surface area contributed by atoms with Crippen molar-refractivity contribution in [3.63, 3.8) is 0 Å². The van der Waals surface area contributed by atoms with E-state index in [-0.39, 0.29) is 5.97 Å². The summed E-state index contributed by atoms with van der Waals surface area (Å²) in [5.41, 5.74) is 0.241. The van der Waals surface area contributed by atoms with Crippen LogP contribution in [0.15, 0.2) is 18.2 Å². The van der Waals surface area contributed by atoms with E-state index < -0.39 is 5.41 Å². The predicted octanol–water partition coefficient (Wildman–Crippen LogP) is 3.56. The molecule has 0 aliphatic heterocycles. The van der Waals surface area contributed by atoms with Crippen molar-refractivity contribution in [3.05, 3.63) is 26.8 Å². The van der Waals surface area contributed by atoms with Crippen molar-refractivity contribution in [2.75, 3.05) is 19.0 Å². The Morgan fingerprint density at radius 2 is 2.18 bits per heavy atom. The molecule has 0 fully saturated rings. The number of hydrogen-bond donors (Lipinski definition) is 1. The van der Waals surface area contributed by atoms with Gasteiger partial charge in [0.05, 0.1) is 23.2 Å². The lowest BCUT2D eigenvalue weighted by Crippen LogP contribution is -2.33. The molecule has 0 unspecified atom stereocenters. The van der Waals surface area contributed by atoms with Gasteiger partial charge in [-0.2, -0.15) is 0 Å². The lowest BCUT2D eigenvalue weighted by atomic mass is 9.93. The maximum atomic E-state index is 11.5. The highest BCUT2D eigenvalue weighted by molar-refractivity contribution is 14.1. The molecule has 3 nitrogen and oxygen atoms in total. The van der Waals surface area contributed by atoms with Crippen molar-refractivity contribution in [1.82, 2.24) is 0 Å². The van der Waals surface area contributed by atoms with E-state index in [0.717, 1.165) is 9.26 Å². The molecule has 0 aromatic heterocycles. The van der Waals surface area contributed by atoms with Crippen molar-refractivity contribution in [2.45, 2.75) is 13.8 Å². The number of nitrogens with one attached hydrogen (secondary N) is 1. The van der Waals surface area contributed by atoms with Crippen LogP contribution in [0.3, 0.4) is 0 Å². The van der Waals surface area contributed by atoms with Crippen LogP contribution >= 0.6 is 34.2 Å². The van der Waals surface area contributed by atoms with E-state index in [1.807, 2.05) is 32.0 Å². The molecule has 5 heteroatoms. The standard InChI is InChI=1S/C12H15ClINO2/c1-12(2,11(16)17-3)7-15-10-5-4-8(14)6-9(10)13/h4-6,15H,7H2,1-3H3. The third-order valence-corrected chi connectivity index (χ3v) is 3.37. The summed E-state index contributed by atoms with van der Waals surface area (Å²) in [5, 5.41) is 3.81. The van der Waals surface area contributed by atoms with Crippen molar-refractivity contribution < 1.29 is 9.53 Å². The van der Waals surface area contributed by atoms with Gasteiger partial charge in [0.25, 0.3) is 0 Å². The number of halogens is 2. The van der Waals surface area contributed by atoms with Gasteiger partial charge in [-0.3, -0.25) is 4.79 Å². The molecule has 1 aromatic carbocycles. The van der Waals surface area contributed by atoms with Gasteiger partial charge in [0, 0.05) is 10.1 Å². The molecule has 0 saturated carbocycles.